The van der Waals surface area contributed by atoms with Gasteiger partial charge in [-0.15, -0.1) is 0 Å². The van der Waals surface area contributed by atoms with Crippen LogP contribution in [-0.2, 0) is 19.6 Å². The van der Waals surface area contributed by atoms with E-state index in [4.69, 9.17) is 4.84 Å². The van der Waals surface area contributed by atoms with Crippen LogP contribution >= 0.6 is 0 Å². The summed E-state index contributed by atoms with van der Waals surface area (Å²) in [6.45, 7) is 0.709. The molecular weight excluding hydrogens is 282 g/mol. The first-order chi connectivity index (χ1) is 9.55. The number of carbonyl (C=O) groups excluding carboxylic acids is 1. The van der Waals surface area contributed by atoms with Crippen molar-refractivity contribution in [1.82, 2.24) is 4.47 Å². The molecule has 6 nitrogen and oxygen atoms in total. The monoisotopic (exact) mass is 299 g/mol. The molecule has 2 rings (SSSR count). The van der Waals surface area contributed by atoms with E-state index in [0.717, 1.165) is 23.7 Å². The molecule has 0 spiro atoms. The van der Waals surface area contributed by atoms with E-state index >= 15 is 0 Å². The van der Waals surface area contributed by atoms with Crippen LogP contribution in [0, 0.1) is 0 Å². The number of hydrogen-bond acceptors (Lipinski definition) is 5. The topological polar surface area (TPSA) is 72.9 Å². The molecule has 110 valence electrons. The fourth-order valence-electron chi connectivity index (χ4n) is 1.96. The van der Waals surface area contributed by atoms with Gasteiger partial charge in [0.2, 0.25) is 0 Å². The number of esters is 1. The molecule has 0 atom stereocenters. The Morgan fingerprint density at radius 1 is 1.30 bits per heavy atom. The molecular formula is C13H17NO5S. The Balaban J connectivity index is 2.31. The maximum absolute atomic E-state index is 12.5. The van der Waals surface area contributed by atoms with Crippen molar-refractivity contribution < 1.29 is 22.8 Å². The number of hydrogen-bond donors (Lipinski definition) is 0. The lowest BCUT2D eigenvalue weighted by atomic mass is 10.2. The van der Waals surface area contributed by atoms with Crippen molar-refractivity contribution >= 4 is 16.0 Å². The Morgan fingerprint density at radius 2 is 2.10 bits per heavy atom. The van der Waals surface area contributed by atoms with Gasteiger partial charge in [0, 0.05) is 6.54 Å². The lowest BCUT2D eigenvalue weighted by Gasteiger charge is -2.19. The average molecular weight is 299 g/mol. The molecule has 1 saturated heterocycles. The highest BCUT2D eigenvalue weighted by Gasteiger charge is 2.27. The van der Waals surface area contributed by atoms with Crippen LogP contribution in [0.15, 0.2) is 29.2 Å². The van der Waals surface area contributed by atoms with Crippen molar-refractivity contribution in [3.8, 4) is 0 Å². The molecule has 7 heteroatoms. The predicted octanol–water partition coefficient (Wildman–Crippen LogP) is 1.58. The Bertz CT molecular complexity index is 576. The first-order valence-corrected chi connectivity index (χ1v) is 7.84. The van der Waals surface area contributed by atoms with Gasteiger partial charge in [-0.3, -0.25) is 4.84 Å². The lowest BCUT2D eigenvalue weighted by molar-refractivity contribution is -0.0748. The minimum Gasteiger partial charge on any atom is -0.465 e. The second kappa shape index (κ2) is 6.34. The SMILES string of the molecule is COC(=O)c1cccc(S(=O)(=O)N2CCCCCO2)c1. The van der Waals surface area contributed by atoms with Gasteiger partial charge in [0.05, 0.1) is 24.2 Å². The van der Waals surface area contributed by atoms with Gasteiger partial charge in [0.25, 0.3) is 10.0 Å². The second-order valence-electron chi connectivity index (χ2n) is 4.44. The Morgan fingerprint density at radius 3 is 2.85 bits per heavy atom. The number of nitrogens with zero attached hydrogens (tertiary/aromatic N) is 1. The van der Waals surface area contributed by atoms with Crippen LogP contribution in [0.5, 0.6) is 0 Å². The van der Waals surface area contributed by atoms with E-state index in [9.17, 15) is 13.2 Å². The van der Waals surface area contributed by atoms with Crippen LogP contribution in [0.25, 0.3) is 0 Å². The molecule has 0 amide bonds. The van der Waals surface area contributed by atoms with E-state index in [2.05, 4.69) is 4.74 Å². The highest BCUT2D eigenvalue weighted by molar-refractivity contribution is 7.89. The molecule has 0 bridgehead atoms. The first kappa shape index (κ1) is 15.0. The summed E-state index contributed by atoms with van der Waals surface area (Å²) >= 11 is 0. The molecule has 1 aromatic rings. The number of carbonyl (C=O) groups is 1. The maximum atomic E-state index is 12.5. The molecule has 0 saturated carbocycles. The Kier molecular flexibility index (Phi) is 4.74. The van der Waals surface area contributed by atoms with Crippen molar-refractivity contribution in [3.05, 3.63) is 29.8 Å². The first-order valence-electron chi connectivity index (χ1n) is 6.40. The summed E-state index contributed by atoms with van der Waals surface area (Å²) in [4.78, 5) is 16.8. The van der Waals surface area contributed by atoms with Crippen molar-refractivity contribution in [1.29, 1.82) is 0 Å². The molecule has 1 aromatic carbocycles. The number of methoxy groups -OCH3 is 1. The standard InChI is InChI=1S/C13H17NO5S/c1-18-13(15)11-6-5-7-12(10-11)20(16,17)14-8-3-2-4-9-19-14/h5-7,10H,2-4,8-9H2,1H3. The number of ether oxygens (including phenoxy) is 1. The van der Waals surface area contributed by atoms with E-state index in [1.54, 1.807) is 0 Å². The zero-order valence-corrected chi connectivity index (χ0v) is 12.1. The van der Waals surface area contributed by atoms with Crippen molar-refractivity contribution in [3.63, 3.8) is 0 Å². The van der Waals surface area contributed by atoms with Crippen molar-refractivity contribution in [2.75, 3.05) is 20.3 Å². The fourth-order valence-corrected chi connectivity index (χ4v) is 3.30. The van der Waals surface area contributed by atoms with Crippen LogP contribution < -0.4 is 0 Å². The van der Waals surface area contributed by atoms with E-state index in [-0.39, 0.29) is 10.5 Å². The average Bonchev–Trinajstić information content (AvgIpc) is 2.76. The van der Waals surface area contributed by atoms with E-state index < -0.39 is 16.0 Å². The van der Waals surface area contributed by atoms with Gasteiger partial charge < -0.3 is 4.74 Å². The molecule has 1 aliphatic rings. The van der Waals surface area contributed by atoms with Gasteiger partial charge >= 0.3 is 5.97 Å². The number of rotatable bonds is 3. The second-order valence-corrected chi connectivity index (χ2v) is 6.27. The van der Waals surface area contributed by atoms with E-state index in [0.29, 0.717) is 13.2 Å². The third-order valence-electron chi connectivity index (χ3n) is 3.04. The summed E-state index contributed by atoms with van der Waals surface area (Å²) < 4.78 is 30.5. The molecule has 0 unspecified atom stereocenters. The summed E-state index contributed by atoms with van der Waals surface area (Å²) in [7, 11) is -2.49. The van der Waals surface area contributed by atoms with Gasteiger partial charge in [-0.25, -0.2) is 13.2 Å². The van der Waals surface area contributed by atoms with Crippen molar-refractivity contribution in [2.45, 2.75) is 24.2 Å². The normalized spacial score (nSPS) is 17.4. The molecule has 0 aromatic heterocycles. The van der Waals surface area contributed by atoms with E-state index in [1.807, 2.05) is 0 Å². The molecule has 0 aliphatic carbocycles. The zero-order chi connectivity index (χ0) is 14.6. The molecule has 0 N–H and O–H groups in total. The third-order valence-corrected chi connectivity index (χ3v) is 4.72. The molecule has 0 radical (unpaired) electrons. The number of sulfonamides is 1. The molecule has 1 heterocycles. The summed E-state index contributed by atoms with van der Waals surface area (Å²) in [5.74, 6) is -0.571. The summed E-state index contributed by atoms with van der Waals surface area (Å²) in [6.07, 6.45) is 2.54. The van der Waals surface area contributed by atoms with Crippen LogP contribution in [0.1, 0.15) is 29.6 Å². The number of benzene rings is 1. The van der Waals surface area contributed by atoms with Crippen molar-refractivity contribution in [2.24, 2.45) is 0 Å². The summed E-state index contributed by atoms with van der Waals surface area (Å²) in [5, 5.41) is 0. The van der Waals surface area contributed by atoms with Crippen LogP contribution in [-0.4, -0.2) is 39.1 Å². The van der Waals surface area contributed by atoms with Gasteiger partial charge in [-0.2, -0.15) is 0 Å². The van der Waals surface area contributed by atoms with Crippen LogP contribution in [0.2, 0.25) is 0 Å². The largest absolute Gasteiger partial charge is 0.465 e. The van der Waals surface area contributed by atoms with Crippen LogP contribution in [0.4, 0.5) is 0 Å². The molecule has 1 aliphatic heterocycles. The smallest absolute Gasteiger partial charge is 0.337 e. The molecule has 1 fully saturated rings. The van der Waals surface area contributed by atoms with Gasteiger partial charge in [-0.1, -0.05) is 10.5 Å². The van der Waals surface area contributed by atoms with E-state index in [1.165, 1.54) is 31.4 Å². The summed E-state index contributed by atoms with van der Waals surface area (Å²) in [6, 6.07) is 5.76. The quantitative estimate of drug-likeness (QED) is 0.792. The predicted molar refractivity (Wildman–Crippen MR) is 71.5 cm³/mol. The molecule has 20 heavy (non-hydrogen) atoms. The fraction of sp³-hybridized carbons (Fsp3) is 0.462. The highest BCUT2D eigenvalue weighted by atomic mass is 32.2. The maximum Gasteiger partial charge on any atom is 0.337 e. The van der Waals surface area contributed by atoms with Gasteiger partial charge in [0.15, 0.2) is 0 Å². The number of hydroxylamine groups is 1. The highest BCUT2D eigenvalue weighted by Crippen LogP contribution is 2.20. The van der Waals surface area contributed by atoms with Gasteiger partial charge in [0.1, 0.15) is 0 Å². The third kappa shape index (κ3) is 3.17. The zero-order valence-electron chi connectivity index (χ0n) is 11.2. The van der Waals surface area contributed by atoms with Crippen LogP contribution in [0.3, 0.4) is 0 Å². The summed E-state index contributed by atoms with van der Waals surface area (Å²) in [5.41, 5.74) is 0.198. The minimum atomic E-state index is -3.75. The van der Waals surface area contributed by atoms with Gasteiger partial charge in [-0.05, 0) is 37.5 Å². The Hall–Kier alpha value is -1.44. The lowest BCUT2D eigenvalue weighted by Crippen LogP contribution is -2.31. The Labute approximate surface area is 118 Å². The minimum absolute atomic E-state index is 0.0299.